The molecular formula is C16H22N4O2S. The van der Waals surface area contributed by atoms with Crippen molar-refractivity contribution in [3.63, 3.8) is 0 Å². The normalized spacial score (nSPS) is 11.2. The Morgan fingerprint density at radius 2 is 1.65 bits per heavy atom. The molecule has 124 valence electrons. The van der Waals surface area contributed by atoms with Gasteiger partial charge in [0.1, 0.15) is 5.82 Å². The van der Waals surface area contributed by atoms with Crippen LogP contribution in [0.3, 0.4) is 0 Å². The Morgan fingerprint density at radius 3 is 2.26 bits per heavy atom. The molecule has 1 heterocycles. The summed E-state index contributed by atoms with van der Waals surface area (Å²) in [5, 5.41) is 11.0. The Balaban J connectivity index is 1.90. The maximum atomic E-state index is 11.8. The van der Waals surface area contributed by atoms with Gasteiger partial charge < -0.3 is 5.32 Å². The number of nitrogens with zero attached hydrogens (tertiary/aromatic N) is 2. The molecule has 0 atom stereocenters. The van der Waals surface area contributed by atoms with Crippen LogP contribution in [0, 0.1) is 6.92 Å². The van der Waals surface area contributed by atoms with Gasteiger partial charge in [-0.3, -0.25) is 4.72 Å². The molecule has 0 aliphatic rings. The van der Waals surface area contributed by atoms with E-state index in [1.54, 1.807) is 12.1 Å². The number of benzene rings is 1. The molecule has 6 nitrogen and oxygen atoms in total. The van der Waals surface area contributed by atoms with Crippen molar-refractivity contribution < 1.29 is 8.42 Å². The highest BCUT2D eigenvalue weighted by Gasteiger charge is 2.10. The van der Waals surface area contributed by atoms with Gasteiger partial charge in [0.25, 0.3) is 0 Å². The smallest absolute Gasteiger partial charge is 0.233 e. The SMILES string of the molecule is CCCCS(=O)(=O)Nc1ccc(NCc2ccc(C)cc2)nn1. The molecule has 0 radical (unpaired) electrons. The molecule has 0 aliphatic heterocycles. The molecule has 2 rings (SSSR count). The Morgan fingerprint density at radius 1 is 1.00 bits per heavy atom. The number of aromatic nitrogens is 2. The molecule has 2 N–H and O–H groups in total. The third kappa shape index (κ3) is 5.86. The van der Waals surface area contributed by atoms with Crippen LogP contribution in [0.4, 0.5) is 11.6 Å². The number of sulfonamides is 1. The zero-order valence-electron chi connectivity index (χ0n) is 13.4. The second kappa shape index (κ2) is 7.92. The zero-order chi connectivity index (χ0) is 16.7. The Hall–Kier alpha value is -2.15. The van der Waals surface area contributed by atoms with E-state index in [9.17, 15) is 8.42 Å². The fraction of sp³-hybridized carbons (Fsp3) is 0.375. The summed E-state index contributed by atoms with van der Waals surface area (Å²) < 4.78 is 26.0. The van der Waals surface area contributed by atoms with Crippen LogP contribution in [-0.4, -0.2) is 24.4 Å². The van der Waals surface area contributed by atoms with Gasteiger partial charge in [0, 0.05) is 6.54 Å². The number of hydrogen-bond donors (Lipinski definition) is 2. The zero-order valence-corrected chi connectivity index (χ0v) is 14.2. The largest absolute Gasteiger partial charge is 0.365 e. The van der Waals surface area contributed by atoms with Gasteiger partial charge in [-0.25, -0.2) is 8.42 Å². The highest BCUT2D eigenvalue weighted by Crippen LogP contribution is 2.11. The van der Waals surface area contributed by atoms with Crippen molar-refractivity contribution in [1.29, 1.82) is 0 Å². The molecule has 0 bridgehead atoms. The van der Waals surface area contributed by atoms with Gasteiger partial charge in [-0.05, 0) is 31.0 Å². The van der Waals surface area contributed by atoms with Gasteiger partial charge in [0.15, 0.2) is 5.82 Å². The fourth-order valence-corrected chi connectivity index (χ4v) is 3.12. The van der Waals surface area contributed by atoms with Gasteiger partial charge in [-0.1, -0.05) is 43.2 Å². The average Bonchev–Trinajstić information content (AvgIpc) is 2.53. The molecular weight excluding hydrogens is 312 g/mol. The standard InChI is InChI=1S/C16H22N4O2S/c1-3-4-11-23(21,22)20-16-10-9-15(18-19-16)17-12-14-7-5-13(2)6-8-14/h5-10H,3-4,11-12H2,1-2H3,(H,17,18)(H,19,20). The van der Waals surface area contributed by atoms with E-state index in [0.717, 1.165) is 12.0 Å². The predicted octanol–water partition coefficient (Wildman–Crippen LogP) is 2.94. The number of anilines is 2. The lowest BCUT2D eigenvalue weighted by atomic mass is 10.1. The summed E-state index contributed by atoms with van der Waals surface area (Å²) in [5.41, 5.74) is 2.36. The molecule has 23 heavy (non-hydrogen) atoms. The molecule has 0 saturated carbocycles. The first kappa shape index (κ1) is 17.2. The van der Waals surface area contributed by atoms with Crippen molar-refractivity contribution >= 4 is 21.7 Å². The first-order valence-corrected chi connectivity index (χ1v) is 9.27. The van der Waals surface area contributed by atoms with Gasteiger partial charge in [0.2, 0.25) is 10.0 Å². The summed E-state index contributed by atoms with van der Waals surface area (Å²) in [6.07, 6.45) is 1.45. The predicted molar refractivity (Wildman–Crippen MR) is 92.9 cm³/mol. The number of nitrogens with one attached hydrogen (secondary N) is 2. The molecule has 1 aromatic heterocycles. The van der Waals surface area contributed by atoms with Crippen molar-refractivity contribution in [3.05, 3.63) is 47.5 Å². The van der Waals surface area contributed by atoms with E-state index in [1.165, 1.54) is 5.56 Å². The highest BCUT2D eigenvalue weighted by atomic mass is 32.2. The molecule has 1 aromatic carbocycles. The molecule has 0 fully saturated rings. The van der Waals surface area contributed by atoms with Crippen LogP contribution in [0.15, 0.2) is 36.4 Å². The first-order chi connectivity index (χ1) is 11.0. The number of hydrogen-bond acceptors (Lipinski definition) is 5. The topological polar surface area (TPSA) is 84.0 Å². The van der Waals surface area contributed by atoms with Crippen molar-refractivity contribution in [2.45, 2.75) is 33.2 Å². The molecule has 0 spiro atoms. The van der Waals surface area contributed by atoms with Crippen LogP contribution in [0.25, 0.3) is 0 Å². The molecule has 2 aromatic rings. The van der Waals surface area contributed by atoms with Crippen molar-refractivity contribution in [2.75, 3.05) is 15.8 Å². The van der Waals surface area contributed by atoms with E-state index in [1.807, 2.05) is 26.0 Å². The fourth-order valence-electron chi connectivity index (χ4n) is 1.92. The summed E-state index contributed by atoms with van der Waals surface area (Å²) in [5.74, 6) is 0.933. The maximum absolute atomic E-state index is 11.8. The van der Waals surface area contributed by atoms with E-state index in [2.05, 4.69) is 32.4 Å². The number of aryl methyl sites for hydroxylation is 1. The van der Waals surface area contributed by atoms with Crippen LogP contribution in [0.1, 0.15) is 30.9 Å². The third-order valence-electron chi connectivity index (χ3n) is 3.29. The number of rotatable bonds is 8. The summed E-state index contributed by atoms with van der Waals surface area (Å²) in [6, 6.07) is 11.5. The van der Waals surface area contributed by atoms with Crippen LogP contribution in [-0.2, 0) is 16.6 Å². The summed E-state index contributed by atoms with van der Waals surface area (Å²) in [6.45, 7) is 4.63. The molecule has 0 aliphatic carbocycles. The van der Waals surface area contributed by atoms with Crippen molar-refractivity contribution in [3.8, 4) is 0 Å². The number of unbranched alkanes of at least 4 members (excludes halogenated alkanes) is 1. The molecule has 7 heteroatoms. The lowest BCUT2D eigenvalue weighted by molar-refractivity contribution is 0.597. The van der Waals surface area contributed by atoms with Gasteiger partial charge in [0.05, 0.1) is 5.75 Å². The maximum Gasteiger partial charge on any atom is 0.233 e. The molecule has 0 saturated heterocycles. The van der Waals surface area contributed by atoms with Gasteiger partial charge >= 0.3 is 0 Å². The van der Waals surface area contributed by atoms with E-state index in [4.69, 9.17) is 0 Å². The van der Waals surface area contributed by atoms with E-state index in [0.29, 0.717) is 18.8 Å². The Bertz CT molecular complexity index is 713. The molecule has 0 amide bonds. The lowest BCUT2D eigenvalue weighted by Crippen LogP contribution is -2.17. The quantitative estimate of drug-likeness (QED) is 0.775. The van der Waals surface area contributed by atoms with Crippen molar-refractivity contribution in [2.24, 2.45) is 0 Å². The minimum atomic E-state index is -3.34. The monoisotopic (exact) mass is 334 g/mol. The highest BCUT2D eigenvalue weighted by molar-refractivity contribution is 7.92. The summed E-state index contributed by atoms with van der Waals surface area (Å²) >= 11 is 0. The summed E-state index contributed by atoms with van der Waals surface area (Å²) in [4.78, 5) is 0. The average molecular weight is 334 g/mol. The minimum absolute atomic E-state index is 0.0958. The third-order valence-corrected chi connectivity index (χ3v) is 4.63. The van der Waals surface area contributed by atoms with Crippen LogP contribution >= 0.6 is 0 Å². The van der Waals surface area contributed by atoms with E-state index in [-0.39, 0.29) is 11.6 Å². The van der Waals surface area contributed by atoms with Crippen LogP contribution in [0.5, 0.6) is 0 Å². The lowest BCUT2D eigenvalue weighted by Gasteiger charge is -2.08. The Kier molecular flexibility index (Phi) is 5.92. The van der Waals surface area contributed by atoms with Crippen molar-refractivity contribution in [1.82, 2.24) is 10.2 Å². The second-order valence-corrected chi connectivity index (χ2v) is 7.26. The first-order valence-electron chi connectivity index (χ1n) is 7.62. The Labute approximate surface area is 137 Å². The van der Waals surface area contributed by atoms with Crippen LogP contribution < -0.4 is 10.0 Å². The van der Waals surface area contributed by atoms with Gasteiger partial charge in [-0.2, -0.15) is 0 Å². The minimum Gasteiger partial charge on any atom is -0.365 e. The summed E-state index contributed by atoms with van der Waals surface area (Å²) in [7, 11) is -3.34. The van der Waals surface area contributed by atoms with E-state index < -0.39 is 10.0 Å². The molecule has 0 unspecified atom stereocenters. The van der Waals surface area contributed by atoms with Gasteiger partial charge in [-0.15, -0.1) is 10.2 Å². The second-order valence-electron chi connectivity index (χ2n) is 5.42. The van der Waals surface area contributed by atoms with E-state index >= 15 is 0 Å². The van der Waals surface area contributed by atoms with Crippen LogP contribution in [0.2, 0.25) is 0 Å².